The Hall–Kier alpha value is -1.75. The van der Waals surface area contributed by atoms with Gasteiger partial charge in [-0.05, 0) is 25.1 Å². The van der Waals surface area contributed by atoms with Gasteiger partial charge in [-0.3, -0.25) is 4.79 Å². The largest absolute Gasteiger partial charge is 0.399 e. The fourth-order valence-electron chi connectivity index (χ4n) is 2.05. The lowest BCUT2D eigenvalue weighted by atomic mass is 10.2. The van der Waals surface area contributed by atoms with Gasteiger partial charge in [0.15, 0.2) is 0 Å². The second kappa shape index (κ2) is 3.63. The number of anilines is 2. The van der Waals surface area contributed by atoms with E-state index in [2.05, 4.69) is 10.6 Å². The Morgan fingerprint density at radius 1 is 1.47 bits per heavy atom. The third-order valence-corrected chi connectivity index (χ3v) is 4.05. The van der Waals surface area contributed by atoms with Gasteiger partial charge in [0.1, 0.15) is 4.88 Å². The minimum atomic E-state index is -0.00253. The van der Waals surface area contributed by atoms with Gasteiger partial charge >= 0.3 is 0 Å². The summed E-state index contributed by atoms with van der Waals surface area (Å²) >= 11 is 1.50. The highest BCUT2D eigenvalue weighted by Gasteiger charge is 2.23. The van der Waals surface area contributed by atoms with Crippen molar-refractivity contribution in [2.45, 2.75) is 13.0 Å². The van der Waals surface area contributed by atoms with Crippen LogP contribution in [-0.4, -0.2) is 18.5 Å². The minimum Gasteiger partial charge on any atom is -0.399 e. The summed E-state index contributed by atoms with van der Waals surface area (Å²) in [6.45, 7) is 2.72. The van der Waals surface area contributed by atoms with Crippen molar-refractivity contribution in [1.82, 2.24) is 5.32 Å². The van der Waals surface area contributed by atoms with Gasteiger partial charge < -0.3 is 16.4 Å². The Morgan fingerprint density at radius 3 is 3.12 bits per heavy atom. The number of carbonyl (C=O) groups is 1. The molecule has 0 radical (unpaired) electrons. The van der Waals surface area contributed by atoms with Crippen LogP contribution in [0.2, 0.25) is 0 Å². The Labute approximate surface area is 103 Å². The lowest BCUT2D eigenvalue weighted by Crippen LogP contribution is -2.34. The van der Waals surface area contributed by atoms with Crippen LogP contribution in [0.1, 0.15) is 16.6 Å². The summed E-state index contributed by atoms with van der Waals surface area (Å²) in [6.07, 6.45) is 0. The second-order valence-electron chi connectivity index (χ2n) is 4.32. The quantitative estimate of drug-likeness (QED) is 0.624. The number of hydrogen-bond acceptors (Lipinski definition) is 4. The van der Waals surface area contributed by atoms with Crippen molar-refractivity contribution in [2.75, 3.05) is 17.6 Å². The maximum absolute atomic E-state index is 12.0. The number of thiophene rings is 1. The maximum atomic E-state index is 12.0. The molecule has 5 heteroatoms. The molecule has 3 rings (SSSR count). The van der Waals surface area contributed by atoms with Crippen molar-refractivity contribution < 1.29 is 4.79 Å². The number of nitrogen functional groups attached to an aromatic ring is 1. The summed E-state index contributed by atoms with van der Waals surface area (Å²) in [4.78, 5) is 12.7. The molecule has 0 aliphatic carbocycles. The number of benzene rings is 1. The molecule has 1 aromatic heterocycles. The van der Waals surface area contributed by atoms with Crippen molar-refractivity contribution in [3.05, 3.63) is 23.1 Å². The van der Waals surface area contributed by atoms with Gasteiger partial charge in [-0.1, -0.05) is 0 Å². The number of hydrogen-bond donors (Lipinski definition) is 3. The van der Waals surface area contributed by atoms with E-state index < -0.39 is 0 Å². The minimum absolute atomic E-state index is 0.00253. The van der Waals surface area contributed by atoms with Gasteiger partial charge in [-0.15, -0.1) is 11.3 Å². The SMILES string of the molecule is C[C@H]1CNc2c(sc3ccc(N)cc23)C(=O)N1. The van der Waals surface area contributed by atoms with E-state index in [0.29, 0.717) is 0 Å². The molecule has 88 valence electrons. The van der Waals surface area contributed by atoms with Crippen molar-refractivity contribution >= 4 is 38.7 Å². The molecule has 1 aliphatic rings. The standard InChI is InChI=1S/C12H13N3OS/c1-6-5-14-10-8-4-7(13)2-3-9(8)17-11(10)12(16)15-6/h2-4,6,14H,5,13H2,1H3,(H,15,16)/t6-/m0/s1. The first-order valence-electron chi connectivity index (χ1n) is 5.52. The highest BCUT2D eigenvalue weighted by Crippen LogP contribution is 2.37. The molecule has 0 spiro atoms. The Balaban J connectivity index is 2.24. The highest BCUT2D eigenvalue weighted by molar-refractivity contribution is 7.21. The molecule has 17 heavy (non-hydrogen) atoms. The van der Waals surface area contributed by atoms with Gasteiger partial charge in [0.25, 0.3) is 5.91 Å². The normalized spacial score (nSPS) is 19.4. The summed E-state index contributed by atoms with van der Waals surface area (Å²) in [5.41, 5.74) is 7.43. The fraction of sp³-hybridized carbons (Fsp3) is 0.250. The van der Waals surface area contributed by atoms with Crippen LogP contribution in [0.15, 0.2) is 18.2 Å². The molecular weight excluding hydrogens is 234 g/mol. The van der Waals surface area contributed by atoms with E-state index >= 15 is 0 Å². The van der Waals surface area contributed by atoms with Gasteiger partial charge in [-0.2, -0.15) is 0 Å². The first-order valence-corrected chi connectivity index (χ1v) is 6.33. The van der Waals surface area contributed by atoms with Crippen molar-refractivity contribution in [3.63, 3.8) is 0 Å². The van der Waals surface area contributed by atoms with Crippen LogP contribution >= 0.6 is 11.3 Å². The van der Waals surface area contributed by atoms with E-state index in [1.165, 1.54) is 11.3 Å². The third-order valence-electron chi connectivity index (χ3n) is 2.88. The zero-order valence-electron chi connectivity index (χ0n) is 9.41. The van der Waals surface area contributed by atoms with Crippen LogP contribution in [0.4, 0.5) is 11.4 Å². The topological polar surface area (TPSA) is 67.1 Å². The summed E-state index contributed by atoms with van der Waals surface area (Å²) in [5, 5.41) is 7.31. The molecule has 0 saturated heterocycles. The molecule has 0 unspecified atom stereocenters. The van der Waals surface area contributed by atoms with Gasteiger partial charge in [0.2, 0.25) is 0 Å². The predicted molar refractivity (Wildman–Crippen MR) is 71.7 cm³/mol. The summed E-state index contributed by atoms with van der Waals surface area (Å²) in [5.74, 6) is -0.00253. The highest BCUT2D eigenvalue weighted by atomic mass is 32.1. The number of nitrogens with two attached hydrogens (primary N) is 1. The first-order chi connectivity index (χ1) is 8.15. The molecule has 1 atom stereocenters. The molecule has 4 N–H and O–H groups in total. The van der Waals surface area contributed by atoms with Gasteiger partial charge in [-0.25, -0.2) is 0 Å². The predicted octanol–water partition coefficient (Wildman–Crippen LogP) is 2.03. The fourth-order valence-corrected chi connectivity index (χ4v) is 3.11. The maximum Gasteiger partial charge on any atom is 0.263 e. The lowest BCUT2D eigenvalue weighted by molar-refractivity contribution is 0.0949. The van der Waals surface area contributed by atoms with E-state index in [4.69, 9.17) is 5.73 Å². The van der Waals surface area contributed by atoms with Crippen molar-refractivity contribution in [1.29, 1.82) is 0 Å². The van der Waals surface area contributed by atoms with E-state index in [-0.39, 0.29) is 11.9 Å². The van der Waals surface area contributed by atoms with E-state index in [1.54, 1.807) is 0 Å². The van der Waals surface area contributed by atoms with E-state index in [1.807, 2.05) is 25.1 Å². The zero-order valence-corrected chi connectivity index (χ0v) is 10.2. The van der Waals surface area contributed by atoms with Gasteiger partial charge in [0, 0.05) is 28.4 Å². The number of nitrogens with one attached hydrogen (secondary N) is 2. The average molecular weight is 247 g/mol. The zero-order chi connectivity index (χ0) is 12.0. The molecular formula is C12H13N3OS. The van der Waals surface area contributed by atoms with Crippen LogP contribution in [0.25, 0.3) is 10.1 Å². The Morgan fingerprint density at radius 2 is 2.29 bits per heavy atom. The number of rotatable bonds is 0. The molecule has 2 aromatic rings. The molecule has 1 aromatic carbocycles. The van der Waals surface area contributed by atoms with Crippen LogP contribution in [-0.2, 0) is 0 Å². The number of carbonyl (C=O) groups excluding carboxylic acids is 1. The van der Waals surface area contributed by atoms with Crippen molar-refractivity contribution in [2.24, 2.45) is 0 Å². The number of fused-ring (bicyclic) bond motifs is 3. The molecule has 1 aliphatic heterocycles. The monoisotopic (exact) mass is 247 g/mol. The Kier molecular flexibility index (Phi) is 2.22. The third kappa shape index (κ3) is 1.63. The smallest absolute Gasteiger partial charge is 0.263 e. The second-order valence-corrected chi connectivity index (χ2v) is 5.37. The lowest BCUT2D eigenvalue weighted by Gasteiger charge is -2.09. The van der Waals surface area contributed by atoms with Crippen LogP contribution < -0.4 is 16.4 Å². The molecule has 0 fully saturated rings. The van der Waals surface area contributed by atoms with Crippen LogP contribution in [0.3, 0.4) is 0 Å². The molecule has 2 heterocycles. The van der Waals surface area contributed by atoms with Crippen LogP contribution in [0.5, 0.6) is 0 Å². The first kappa shape index (κ1) is 10.4. The average Bonchev–Trinajstić information content (AvgIpc) is 2.57. The number of amides is 1. The van der Waals surface area contributed by atoms with E-state index in [9.17, 15) is 4.79 Å². The van der Waals surface area contributed by atoms with E-state index in [0.717, 1.165) is 32.9 Å². The molecule has 1 amide bonds. The molecule has 0 bridgehead atoms. The van der Waals surface area contributed by atoms with Crippen LogP contribution in [0, 0.1) is 0 Å². The Bertz CT molecular complexity index is 605. The molecule has 0 saturated carbocycles. The molecule has 4 nitrogen and oxygen atoms in total. The summed E-state index contributed by atoms with van der Waals surface area (Å²) < 4.78 is 1.08. The summed E-state index contributed by atoms with van der Waals surface area (Å²) in [6, 6.07) is 5.88. The van der Waals surface area contributed by atoms with Crippen molar-refractivity contribution in [3.8, 4) is 0 Å². The van der Waals surface area contributed by atoms with Gasteiger partial charge in [0.05, 0.1) is 5.69 Å². The summed E-state index contributed by atoms with van der Waals surface area (Å²) in [7, 11) is 0.